The van der Waals surface area contributed by atoms with Gasteiger partial charge in [0.25, 0.3) is 11.5 Å². The third-order valence-electron chi connectivity index (χ3n) is 5.24. The Labute approximate surface area is 170 Å². The molecule has 1 aliphatic rings. The van der Waals surface area contributed by atoms with Crippen LogP contribution in [0.25, 0.3) is 17.2 Å². The quantitative estimate of drug-likeness (QED) is 0.577. The van der Waals surface area contributed by atoms with E-state index in [9.17, 15) is 4.79 Å². The van der Waals surface area contributed by atoms with Gasteiger partial charge in [0.15, 0.2) is 0 Å². The smallest absolute Gasteiger partial charge is 0.274 e. The molecule has 150 valence electrons. The van der Waals surface area contributed by atoms with Gasteiger partial charge in [0.2, 0.25) is 0 Å². The van der Waals surface area contributed by atoms with Gasteiger partial charge in [-0.25, -0.2) is 9.97 Å². The van der Waals surface area contributed by atoms with E-state index in [0.29, 0.717) is 18.3 Å². The predicted octanol–water partition coefficient (Wildman–Crippen LogP) is 2.94. The Bertz CT molecular complexity index is 988. The van der Waals surface area contributed by atoms with Gasteiger partial charge >= 0.3 is 0 Å². The van der Waals surface area contributed by atoms with Crippen LogP contribution in [0.2, 0.25) is 0 Å². The molecular formula is C22H25N5O2. The summed E-state index contributed by atoms with van der Waals surface area (Å²) >= 11 is 0. The molecule has 1 aromatic carbocycles. The van der Waals surface area contributed by atoms with Crippen molar-refractivity contribution in [1.82, 2.24) is 24.6 Å². The van der Waals surface area contributed by atoms with Crippen molar-refractivity contribution in [2.75, 3.05) is 19.7 Å². The summed E-state index contributed by atoms with van der Waals surface area (Å²) < 4.78 is 7.09. The molecule has 2 aromatic heterocycles. The number of benzene rings is 1. The van der Waals surface area contributed by atoms with Gasteiger partial charge in [-0.1, -0.05) is 0 Å². The van der Waals surface area contributed by atoms with E-state index in [0.717, 1.165) is 24.3 Å². The first-order chi connectivity index (χ1) is 14.2. The summed E-state index contributed by atoms with van der Waals surface area (Å²) in [7, 11) is 0. The number of ether oxygens (including phenoxy) is 1. The average molecular weight is 391 g/mol. The Morgan fingerprint density at radius 1 is 1.10 bits per heavy atom. The molecule has 1 unspecified atom stereocenters. The minimum absolute atomic E-state index is 0.256. The molecule has 0 saturated carbocycles. The van der Waals surface area contributed by atoms with Gasteiger partial charge in [-0.05, 0) is 69.1 Å². The van der Waals surface area contributed by atoms with Crippen LogP contribution in [0.15, 0.2) is 59.7 Å². The molecule has 1 atom stereocenters. The first kappa shape index (κ1) is 19.3. The second-order valence-corrected chi connectivity index (χ2v) is 7.27. The van der Waals surface area contributed by atoms with Crippen LogP contribution in [0.4, 0.5) is 0 Å². The van der Waals surface area contributed by atoms with Crippen LogP contribution in [0.3, 0.4) is 0 Å². The molecule has 1 aliphatic heterocycles. The average Bonchev–Trinajstić information content (AvgIpc) is 3.17. The molecule has 0 N–H and O–H groups in total. The molecule has 4 rings (SSSR count). The van der Waals surface area contributed by atoms with Crippen LogP contribution < -0.4 is 10.3 Å². The van der Waals surface area contributed by atoms with E-state index < -0.39 is 0 Å². The molecule has 7 nitrogen and oxygen atoms in total. The number of hydrogen-bond donors (Lipinski definition) is 0. The maximum absolute atomic E-state index is 12.1. The molecule has 3 heterocycles. The third-order valence-corrected chi connectivity index (χ3v) is 5.24. The highest BCUT2D eigenvalue weighted by molar-refractivity contribution is 5.59. The summed E-state index contributed by atoms with van der Waals surface area (Å²) in [5.41, 5.74) is 1.30. The molecule has 29 heavy (non-hydrogen) atoms. The molecule has 1 saturated heterocycles. The Kier molecular flexibility index (Phi) is 5.95. The lowest BCUT2D eigenvalue weighted by Gasteiger charge is -2.20. The zero-order chi connectivity index (χ0) is 20.1. The van der Waals surface area contributed by atoms with Crippen molar-refractivity contribution in [3.63, 3.8) is 0 Å². The topological polar surface area (TPSA) is 73.1 Å². The zero-order valence-electron chi connectivity index (χ0n) is 16.6. The minimum atomic E-state index is -0.271. The van der Waals surface area contributed by atoms with E-state index in [1.165, 1.54) is 30.1 Å². The van der Waals surface area contributed by atoms with E-state index in [2.05, 4.69) is 26.9 Å². The molecule has 0 amide bonds. The van der Waals surface area contributed by atoms with Crippen LogP contribution >= 0.6 is 0 Å². The number of nitrogens with zero attached hydrogens (tertiary/aromatic N) is 5. The van der Waals surface area contributed by atoms with Crippen molar-refractivity contribution in [3.05, 3.63) is 65.2 Å². The summed E-state index contributed by atoms with van der Waals surface area (Å²) in [6, 6.07) is 13.3. The maximum atomic E-state index is 12.1. The van der Waals surface area contributed by atoms with Gasteiger partial charge in [0.05, 0.1) is 12.3 Å². The van der Waals surface area contributed by atoms with Crippen molar-refractivity contribution < 1.29 is 4.74 Å². The summed E-state index contributed by atoms with van der Waals surface area (Å²) in [5, 5.41) is 4.40. The molecule has 0 aliphatic carbocycles. The van der Waals surface area contributed by atoms with Crippen LogP contribution in [0.5, 0.6) is 5.75 Å². The van der Waals surface area contributed by atoms with E-state index >= 15 is 0 Å². The second kappa shape index (κ2) is 8.96. The minimum Gasteiger partial charge on any atom is -0.494 e. The Balaban J connectivity index is 1.38. The van der Waals surface area contributed by atoms with E-state index in [1.807, 2.05) is 24.3 Å². The highest BCUT2D eigenvalue weighted by atomic mass is 16.5. The fraction of sp³-hybridized carbons (Fsp3) is 0.364. The standard InChI is InChI=1S/C22H25N5O2/c1-17-5-2-14-26(17)15-4-16-29-19-8-6-18(7-9-19)20-10-11-21(28)27(25-20)22-23-12-3-13-24-22/h3,6-13,17H,2,4-5,14-16H2,1H3. The van der Waals surface area contributed by atoms with Crippen LogP contribution in [-0.2, 0) is 0 Å². The first-order valence-electron chi connectivity index (χ1n) is 10.1. The number of hydrogen-bond acceptors (Lipinski definition) is 6. The predicted molar refractivity (Wildman–Crippen MR) is 111 cm³/mol. The van der Waals surface area contributed by atoms with Crippen LogP contribution in [0, 0.1) is 0 Å². The SMILES string of the molecule is CC1CCCN1CCCOc1ccc(-c2ccc(=O)n(-c3ncccn3)n2)cc1. The molecule has 0 radical (unpaired) electrons. The van der Waals surface area contributed by atoms with Gasteiger partial charge in [-0.3, -0.25) is 4.79 Å². The van der Waals surface area contributed by atoms with Crippen molar-refractivity contribution in [1.29, 1.82) is 0 Å². The van der Waals surface area contributed by atoms with E-state index in [4.69, 9.17) is 4.74 Å². The first-order valence-corrected chi connectivity index (χ1v) is 10.1. The monoisotopic (exact) mass is 391 g/mol. The van der Waals surface area contributed by atoms with Crippen molar-refractivity contribution in [2.45, 2.75) is 32.2 Å². The van der Waals surface area contributed by atoms with Crippen molar-refractivity contribution in [2.24, 2.45) is 0 Å². The largest absolute Gasteiger partial charge is 0.494 e. The lowest BCUT2D eigenvalue weighted by Crippen LogP contribution is -2.28. The summed E-state index contributed by atoms with van der Waals surface area (Å²) in [6.45, 7) is 5.30. The summed E-state index contributed by atoms with van der Waals surface area (Å²) in [4.78, 5) is 22.8. The fourth-order valence-corrected chi connectivity index (χ4v) is 3.61. The van der Waals surface area contributed by atoms with Crippen LogP contribution in [0.1, 0.15) is 26.2 Å². The van der Waals surface area contributed by atoms with E-state index in [-0.39, 0.29) is 11.5 Å². The van der Waals surface area contributed by atoms with Gasteiger partial charge in [-0.2, -0.15) is 9.78 Å². The third kappa shape index (κ3) is 4.68. The van der Waals surface area contributed by atoms with Gasteiger partial charge in [0.1, 0.15) is 5.75 Å². The Hall–Kier alpha value is -3.06. The lowest BCUT2D eigenvalue weighted by molar-refractivity contribution is 0.230. The lowest BCUT2D eigenvalue weighted by atomic mass is 10.1. The second-order valence-electron chi connectivity index (χ2n) is 7.27. The maximum Gasteiger partial charge on any atom is 0.274 e. The fourth-order valence-electron chi connectivity index (χ4n) is 3.61. The van der Waals surface area contributed by atoms with E-state index in [1.54, 1.807) is 24.5 Å². The Morgan fingerprint density at radius 2 is 1.90 bits per heavy atom. The van der Waals surface area contributed by atoms with Crippen molar-refractivity contribution in [3.8, 4) is 23.0 Å². The molecular weight excluding hydrogens is 366 g/mol. The molecule has 0 bridgehead atoms. The number of likely N-dealkylation sites (tertiary alicyclic amines) is 1. The summed E-state index contributed by atoms with van der Waals surface area (Å²) in [5.74, 6) is 1.09. The normalized spacial score (nSPS) is 16.8. The zero-order valence-corrected chi connectivity index (χ0v) is 16.6. The van der Waals surface area contributed by atoms with Crippen LogP contribution in [-0.4, -0.2) is 50.4 Å². The summed E-state index contributed by atoms with van der Waals surface area (Å²) in [6.07, 6.45) is 6.80. The highest BCUT2D eigenvalue weighted by Gasteiger charge is 2.19. The Morgan fingerprint density at radius 3 is 2.62 bits per heavy atom. The number of aromatic nitrogens is 4. The molecule has 0 spiro atoms. The van der Waals surface area contributed by atoms with Gasteiger partial charge in [-0.15, -0.1) is 0 Å². The molecule has 1 fully saturated rings. The number of rotatable bonds is 7. The molecule has 7 heteroatoms. The van der Waals surface area contributed by atoms with Crippen molar-refractivity contribution >= 4 is 0 Å². The highest BCUT2D eigenvalue weighted by Crippen LogP contribution is 2.21. The molecule has 3 aromatic rings. The van der Waals surface area contributed by atoms with Gasteiger partial charge < -0.3 is 9.64 Å². The van der Waals surface area contributed by atoms with Gasteiger partial charge in [0, 0.05) is 36.6 Å².